The zero-order valence-corrected chi connectivity index (χ0v) is 12.6. The molecule has 4 heteroatoms. The molecule has 0 bridgehead atoms. The minimum absolute atomic E-state index is 0.242. The Morgan fingerprint density at radius 2 is 1.90 bits per heavy atom. The maximum absolute atomic E-state index is 13.8. The Hall–Kier alpha value is -2.23. The molecule has 112 valence electrons. The van der Waals surface area contributed by atoms with Crippen molar-refractivity contribution in [2.75, 3.05) is 19.0 Å². The molecule has 0 fully saturated rings. The third-order valence-electron chi connectivity index (χ3n) is 3.14. The maximum atomic E-state index is 13.8. The fourth-order valence-electron chi connectivity index (χ4n) is 2.06. The molecule has 21 heavy (non-hydrogen) atoms. The Balaban J connectivity index is 2.10. The van der Waals surface area contributed by atoms with E-state index in [1.807, 2.05) is 38.1 Å². The minimum Gasteiger partial charge on any atom is -0.493 e. The zero-order chi connectivity index (χ0) is 15.2. The fourth-order valence-corrected chi connectivity index (χ4v) is 2.06. The average Bonchev–Trinajstić information content (AvgIpc) is 2.47. The third kappa shape index (κ3) is 3.88. The van der Waals surface area contributed by atoms with E-state index < -0.39 is 0 Å². The van der Waals surface area contributed by atoms with Crippen molar-refractivity contribution in [3.63, 3.8) is 0 Å². The lowest BCUT2D eigenvalue weighted by molar-refractivity contribution is 0.310. The third-order valence-corrected chi connectivity index (χ3v) is 3.14. The first-order valence-electron chi connectivity index (χ1n) is 6.93. The van der Waals surface area contributed by atoms with E-state index >= 15 is 0 Å². The molecule has 0 unspecified atom stereocenters. The van der Waals surface area contributed by atoms with E-state index in [2.05, 4.69) is 5.32 Å². The number of benzene rings is 2. The molecule has 2 rings (SSSR count). The van der Waals surface area contributed by atoms with Crippen molar-refractivity contribution in [1.82, 2.24) is 0 Å². The van der Waals surface area contributed by atoms with Crippen LogP contribution in [-0.2, 0) is 6.54 Å². The van der Waals surface area contributed by atoms with Crippen molar-refractivity contribution in [3.8, 4) is 11.5 Å². The second kappa shape index (κ2) is 6.97. The summed E-state index contributed by atoms with van der Waals surface area (Å²) < 4.78 is 24.5. The number of hydrogen-bond donors (Lipinski definition) is 1. The van der Waals surface area contributed by atoms with Crippen LogP contribution in [0.2, 0.25) is 0 Å². The number of aryl methyl sites for hydroxylation is 1. The lowest BCUT2D eigenvalue weighted by atomic mass is 10.1. The summed E-state index contributed by atoms with van der Waals surface area (Å²) in [6, 6.07) is 10.8. The van der Waals surface area contributed by atoms with Crippen molar-refractivity contribution < 1.29 is 13.9 Å². The van der Waals surface area contributed by atoms with Gasteiger partial charge in [-0.3, -0.25) is 0 Å². The van der Waals surface area contributed by atoms with Crippen molar-refractivity contribution in [1.29, 1.82) is 0 Å². The number of halogens is 1. The van der Waals surface area contributed by atoms with Crippen molar-refractivity contribution >= 4 is 5.69 Å². The van der Waals surface area contributed by atoms with Gasteiger partial charge in [-0.15, -0.1) is 0 Å². The van der Waals surface area contributed by atoms with E-state index in [1.54, 1.807) is 13.2 Å². The number of ether oxygens (including phenoxy) is 2. The molecule has 0 atom stereocenters. The second-order valence-electron chi connectivity index (χ2n) is 4.76. The summed E-state index contributed by atoms with van der Waals surface area (Å²) in [7, 11) is 1.61. The van der Waals surface area contributed by atoms with Crippen LogP contribution in [0.1, 0.15) is 18.1 Å². The first-order valence-corrected chi connectivity index (χ1v) is 6.93. The monoisotopic (exact) mass is 289 g/mol. The standard InChI is InChI=1S/C17H20FNO2/c1-4-21-17-10-13(6-8-16(17)20-3)11-19-15-7-5-12(2)9-14(15)18/h5-10,19H,4,11H2,1-3H3. The minimum atomic E-state index is -0.242. The zero-order valence-electron chi connectivity index (χ0n) is 12.6. The maximum Gasteiger partial charge on any atom is 0.161 e. The number of hydrogen-bond acceptors (Lipinski definition) is 3. The van der Waals surface area contributed by atoms with Gasteiger partial charge in [0, 0.05) is 6.54 Å². The molecule has 0 saturated carbocycles. The quantitative estimate of drug-likeness (QED) is 0.866. The molecular formula is C17H20FNO2. The SMILES string of the molecule is CCOc1cc(CNc2ccc(C)cc2F)ccc1OC. The van der Waals surface area contributed by atoms with E-state index in [4.69, 9.17) is 9.47 Å². The van der Waals surface area contributed by atoms with Gasteiger partial charge >= 0.3 is 0 Å². The number of anilines is 1. The smallest absolute Gasteiger partial charge is 0.161 e. The van der Waals surface area contributed by atoms with Gasteiger partial charge in [0.2, 0.25) is 0 Å². The second-order valence-corrected chi connectivity index (χ2v) is 4.76. The van der Waals surface area contributed by atoms with E-state index in [0.29, 0.717) is 30.3 Å². The highest BCUT2D eigenvalue weighted by atomic mass is 19.1. The van der Waals surface area contributed by atoms with Crippen LogP contribution in [0.15, 0.2) is 36.4 Å². The Kier molecular flexibility index (Phi) is 5.04. The predicted octanol–water partition coefficient (Wildman–Crippen LogP) is 4.15. The van der Waals surface area contributed by atoms with E-state index in [0.717, 1.165) is 11.1 Å². The molecule has 0 aliphatic heterocycles. The number of rotatable bonds is 6. The van der Waals surface area contributed by atoms with Gasteiger partial charge in [0.1, 0.15) is 5.82 Å². The molecule has 0 heterocycles. The van der Waals surface area contributed by atoms with Crippen LogP contribution < -0.4 is 14.8 Å². The van der Waals surface area contributed by atoms with Gasteiger partial charge in [0.05, 0.1) is 19.4 Å². The van der Waals surface area contributed by atoms with E-state index in [-0.39, 0.29) is 5.82 Å². The Labute approximate surface area is 124 Å². The normalized spacial score (nSPS) is 10.3. The van der Waals surface area contributed by atoms with Gasteiger partial charge in [-0.2, -0.15) is 0 Å². The van der Waals surface area contributed by atoms with Crippen LogP contribution in [0.25, 0.3) is 0 Å². The van der Waals surface area contributed by atoms with Crippen molar-refractivity contribution in [2.24, 2.45) is 0 Å². The highest BCUT2D eigenvalue weighted by Gasteiger charge is 2.06. The number of methoxy groups -OCH3 is 1. The molecule has 0 saturated heterocycles. The Morgan fingerprint density at radius 3 is 2.57 bits per heavy atom. The molecule has 0 radical (unpaired) electrons. The molecule has 0 spiro atoms. The highest BCUT2D eigenvalue weighted by molar-refractivity contribution is 5.48. The lowest BCUT2D eigenvalue weighted by Gasteiger charge is -2.12. The summed E-state index contributed by atoms with van der Waals surface area (Å²) in [4.78, 5) is 0. The van der Waals surface area contributed by atoms with Crippen molar-refractivity contribution in [2.45, 2.75) is 20.4 Å². The fraction of sp³-hybridized carbons (Fsp3) is 0.294. The molecule has 2 aromatic rings. The largest absolute Gasteiger partial charge is 0.493 e. The van der Waals surface area contributed by atoms with Gasteiger partial charge in [-0.05, 0) is 49.2 Å². The first-order chi connectivity index (χ1) is 10.1. The molecule has 2 aromatic carbocycles. The number of nitrogens with one attached hydrogen (secondary N) is 1. The van der Waals surface area contributed by atoms with Crippen LogP contribution in [0.3, 0.4) is 0 Å². The Bertz CT molecular complexity index is 614. The van der Waals surface area contributed by atoms with Crippen molar-refractivity contribution in [3.05, 3.63) is 53.3 Å². The van der Waals surface area contributed by atoms with Crippen LogP contribution in [-0.4, -0.2) is 13.7 Å². The summed E-state index contributed by atoms with van der Waals surface area (Å²) in [5.74, 6) is 1.15. The molecule has 0 aliphatic rings. The van der Waals surface area contributed by atoms with Crippen LogP contribution in [0.5, 0.6) is 11.5 Å². The molecule has 3 nitrogen and oxygen atoms in total. The average molecular weight is 289 g/mol. The molecular weight excluding hydrogens is 269 g/mol. The van der Waals surface area contributed by atoms with Crippen LogP contribution >= 0.6 is 0 Å². The predicted molar refractivity (Wildman–Crippen MR) is 82.6 cm³/mol. The van der Waals surface area contributed by atoms with E-state index in [1.165, 1.54) is 6.07 Å². The Morgan fingerprint density at radius 1 is 1.10 bits per heavy atom. The molecule has 0 aromatic heterocycles. The first kappa shape index (κ1) is 15.2. The topological polar surface area (TPSA) is 30.5 Å². The van der Waals surface area contributed by atoms with Crippen LogP contribution in [0, 0.1) is 12.7 Å². The molecule has 1 N–H and O–H groups in total. The highest BCUT2D eigenvalue weighted by Crippen LogP contribution is 2.28. The summed E-state index contributed by atoms with van der Waals surface area (Å²) >= 11 is 0. The van der Waals surface area contributed by atoms with Crippen LogP contribution in [0.4, 0.5) is 10.1 Å². The summed E-state index contributed by atoms with van der Waals surface area (Å²) in [6.45, 7) is 4.88. The van der Waals surface area contributed by atoms with Gasteiger partial charge in [0.15, 0.2) is 11.5 Å². The van der Waals surface area contributed by atoms with E-state index in [9.17, 15) is 4.39 Å². The van der Waals surface area contributed by atoms with Gasteiger partial charge in [-0.1, -0.05) is 12.1 Å². The molecule has 0 amide bonds. The summed E-state index contributed by atoms with van der Waals surface area (Å²) in [6.07, 6.45) is 0. The lowest BCUT2D eigenvalue weighted by Crippen LogP contribution is -2.03. The summed E-state index contributed by atoms with van der Waals surface area (Å²) in [5.41, 5.74) is 2.40. The molecule has 0 aliphatic carbocycles. The van der Waals surface area contributed by atoms with Gasteiger partial charge in [-0.25, -0.2) is 4.39 Å². The van der Waals surface area contributed by atoms with Gasteiger partial charge < -0.3 is 14.8 Å². The summed E-state index contributed by atoms with van der Waals surface area (Å²) in [5, 5.41) is 3.09. The van der Waals surface area contributed by atoms with Gasteiger partial charge in [0.25, 0.3) is 0 Å².